The van der Waals surface area contributed by atoms with Crippen LogP contribution in [0.3, 0.4) is 0 Å². The van der Waals surface area contributed by atoms with Gasteiger partial charge in [0.05, 0.1) is 12.3 Å². The second kappa shape index (κ2) is 9.18. The van der Waals surface area contributed by atoms with Crippen molar-refractivity contribution in [2.45, 2.75) is 32.6 Å². The predicted octanol–water partition coefficient (Wildman–Crippen LogP) is 1.33. The highest BCUT2D eigenvalue weighted by Gasteiger charge is 2.24. The zero-order chi connectivity index (χ0) is 13.9. The number of nitrogens with zero attached hydrogens (tertiary/aromatic N) is 4. The second-order valence-corrected chi connectivity index (χ2v) is 4.47. The molecule has 1 heterocycles. The van der Waals surface area contributed by atoms with Crippen LogP contribution in [0, 0.1) is 5.92 Å². The molecule has 7 heteroatoms. The smallest absolute Gasteiger partial charge is 0.285 e. The first-order chi connectivity index (χ1) is 9.27. The summed E-state index contributed by atoms with van der Waals surface area (Å²) >= 11 is 0. The largest absolute Gasteiger partial charge is 0.447 e. The van der Waals surface area contributed by atoms with Crippen LogP contribution in [0.25, 0.3) is 5.53 Å². The zero-order valence-electron chi connectivity index (χ0n) is 11.3. The van der Waals surface area contributed by atoms with Crippen LogP contribution < -0.4 is 5.32 Å². The predicted molar refractivity (Wildman–Crippen MR) is 72.1 cm³/mol. The maximum Gasteiger partial charge on any atom is 0.285 e. The monoisotopic (exact) mass is 267 g/mol. The fourth-order valence-electron chi connectivity index (χ4n) is 1.88. The van der Waals surface area contributed by atoms with Crippen LogP contribution in [0.5, 0.6) is 0 Å². The molecule has 0 radical (unpaired) electrons. The lowest BCUT2D eigenvalue weighted by Gasteiger charge is -2.17. The van der Waals surface area contributed by atoms with Gasteiger partial charge in [0, 0.05) is 19.4 Å². The second-order valence-electron chi connectivity index (χ2n) is 4.47. The summed E-state index contributed by atoms with van der Waals surface area (Å²) in [6, 6.07) is 0. The number of hydrogen-bond acceptors (Lipinski definition) is 3. The molecule has 1 N–H and O–H groups in total. The fraction of sp³-hybridized carbons (Fsp3) is 0.750. The van der Waals surface area contributed by atoms with E-state index >= 15 is 0 Å². The lowest BCUT2D eigenvalue weighted by Crippen LogP contribution is -2.36. The maximum absolute atomic E-state index is 11.8. The van der Waals surface area contributed by atoms with Crippen LogP contribution in [-0.2, 0) is 9.53 Å². The third-order valence-electron chi connectivity index (χ3n) is 3.03. The molecular weight excluding hydrogens is 246 g/mol. The van der Waals surface area contributed by atoms with Gasteiger partial charge in [0.1, 0.15) is 12.8 Å². The fourth-order valence-corrected chi connectivity index (χ4v) is 1.88. The quantitative estimate of drug-likeness (QED) is 0.179. The van der Waals surface area contributed by atoms with E-state index < -0.39 is 0 Å². The van der Waals surface area contributed by atoms with E-state index in [4.69, 9.17) is 10.3 Å². The third kappa shape index (κ3) is 6.08. The normalized spacial score (nSPS) is 19.0. The molecule has 1 amide bonds. The number of carbonyl (C=O) groups excluding carboxylic acids is 1. The first-order valence-corrected chi connectivity index (χ1v) is 6.60. The number of unbranched alkanes of at least 4 members (excludes halogenated alkanes) is 1. The Morgan fingerprint density at radius 2 is 2.53 bits per heavy atom. The van der Waals surface area contributed by atoms with Crippen LogP contribution in [0.2, 0.25) is 0 Å². The molecule has 1 atom stereocenters. The molecule has 0 saturated heterocycles. The van der Waals surface area contributed by atoms with E-state index in [-0.39, 0.29) is 11.8 Å². The summed E-state index contributed by atoms with van der Waals surface area (Å²) in [5.41, 5.74) is 8.07. The Balaban J connectivity index is 2.25. The van der Waals surface area contributed by atoms with Crippen molar-refractivity contribution < 1.29 is 14.1 Å². The summed E-state index contributed by atoms with van der Waals surface area (Å²) < 4.78 is 7.01. The van der Waals surface area contributed by atoms with Crippen LogP contribution >= 0.6 is 0 Å². The maximum atomic E-state index is 11.8. The summed E-state index contributed by atoms with van der Waals surface area (Å²) in [5.74, 6) is 0.208. The van der Waals surface area contributed by atoms with Crippen molar-refractivity contribution in [3.05, 3.63) is 5.53 Å². The molecular formula is C12H21N5O2. The van der Waals surface area contributed by atoms with Gasteiger partial charge in [-0.05, 0) is 6.42 Å². The molecule has 0 saturated carbocycles. The SMILES string of the molecule is CCCCNC(=O)C1CC=[N+](CO/C=N/N=[N-])CC1. The van der Waals surface area contributed by atoms with Crippen molar-refractivity contribution >= 4 is 18.5 Å². The van der Waals surface area contributed by atoms with Gasteiger partial charge >= 0.3 is 0 Å². The van der Waals surface area contributed by atoms with Crippen LogP contribution in [-0.4, -0.2) is 42.9 Å². The van der Waals surface area contributed by atoms with E-state index in [2.05, 4.69) is 22.6 Å². The molecule has 1 aliphatic rings. The molecule has 0 bridgehead atoms. The number of rotatable bonds is 8. The molecule has 1 unspecified atom stereocenters. The van der Waals surface area contributed by atoms with E-state index in [0.29, 0.717) is 6.73 Å². The average Bonchev–Trinajstić information content (AvgIpc) is 2.44. The molecule has 0 aromatic heterocycles. The van der Waals surface area contributed by atoms with Crippen molar-refractivity contribution in [3.63, 3.8) is 0 Å². The van der Waals surface area contributed by atoms with Crippen molar-refractivity contribution in [2.24, 2.45) is 16.2 Å². The summed E-state index contributed by atoms with van der Waals surface area (Å²) in [7, 11) is 0. The van der Waals surface area contributed by atoms with Gasteiger partial charge in [-0.2, -0.15) is 0 Å². The molecule has 106 valence electrons. The minimum atomic E-state index is 0.0641. The van der Waals surface area contributed by atoms with Crippen molar-refractivity contribution in [1.82, 2.24) is 5.32 Å². The first-order valence-electron chi connectivity index (χ1n) is 6.60. The Morgan fingerprint density at radius 1 is 1.68 bits per heavy atom. The van der Waals surface area contributed by atoms with Gasteiger partial charge in [-0.25, -0.2) is 4.58 Å². The highest BCUT2D eigenvalue weighted by molar-refractivity contribution is 5.81. The lowest BCUT2D eigenvalue weighted by atomic mass is 9.98. The topological polar surface area (TPSA) is 88.4 Å². The number of ether oxygens (including phenoxy) is 1. The highest BCUT2D eigenvalue weighted by Crippen LogP contribution is 2.11. The summed E-state index contributed by atoms with van der Waals surface area (Å²) in [6.45, 7) is 3.99. The summed E-state index contributed by atoms with van der Waals surface area (Å²) in [5, 5.41) is 8.68. The summed E-state index contributed by atoms with van der Waals surface area (Å²) in [6.07, 6.45) is 6.71. The molecule has 19 heavy (non-hydrogen) atoms. The first kappa shape index (κ1) is 15.3. The molecule has 0 fully saturated rings. The highest BCUT2D eigenvalue weighted by atomic mass is 16.5. The van der Waals surface area contributed by atoms with E-state index in [1.54, 1.807) is 0 Å². The lowest BCUT2D eigenvalue weighted by molar-refractivity contribution is -0.561. The van der Waals surface area contributed by atoms with Crippen LogP contribution in [0.4, 0.5) is 0 Å². The Kier molecular flexibility index (Phi) is 7.38. The number of amides is 1. The number of nitrogens with one attached hydrogen (secondary N) is 1. The van der Waals surface area contributed by atoms with Crippen molar-refractivity contribution in [1.29, 1.82) is 0 Å². The Labute approximate surface area is 113 Å². The molecule has 7 nitrogen and oxygen atoms in total. The summed E-state index contributed by atoms with van der Waals surface area (Å²) in [4.78, 5) is 11.8. The van der Waals surface area contributed by atoms with Gasteiger partial charge in [0.25, 0.3) is 6.73 Å². The van der Waals surface area contributed by atoms with Crippen LogP contribution in [0.1, 0.15) is 32.6 Å². The molecule has 0 aromatic rings. The Hall–Kier alpha value is -1.79. The van der Waals surface area contributed by atoms with Crippen LogP contribution in [0.15, 0.2) is 10.3 Å². The van der Waals surface area contributed by atoms with Gasteiger partial charge in [-0.1, -0.05) is 13.3 Å². The molecule has 0 aliphatic carbocycles. The van der Waals surface area contributed by atoms with Crippen molar-refractivity contribution in [2.75, 3.05) is 19.8 Å². The van der Waals surface area contributed by atoms with E-state index in [1.807, 2.05) is 10.8 Å². The molecule has 1 aliphatic heterocycles. The Morgan fingerprint density at radius 3 is 3.16 bits per heavy atom. The van der Waals surface area contributed by atoms with E-state index in [9.17, 15) is 4.79 Å². The van der Waals surface area contributed by atoms with Crippen molar-refractivity contribution in [3.8, 4) is 0 Å². The van der Waals surface area contributed by atoms with E-state index in [0.717, 1.165) is 45.2 Å². The molecule has 0 spiro atoms. The minimum absolute atomic E-state index is 0.0641. The average molecular weight is 267 g/mol. The molecule has 1 rings (SSSR count). The number of carbonyl (C=O) groups is 1. The number of hydrogen-bond donors (Lipinski definition) is 1. The minimum Gasteiger partial charge on any atom is -0.447 e. The van der Waals surface area contributed by atoms with E-state index in [1.165, 1.54) is 0 Å². The Bertz CT molecular complexity index is 354. The standard InChI is InChI=1S/C12H21N5O2/c1-2-3-6-14-12(18)11-4-7-17(8-5-11)10-19-9-15-16-13/h7,9,11H,2-6,8,10H2,1H3,(H,14,18)/b15-9+. The van der Waals surface area contributed by atoms with Gasteiger partial charge < -0.3 is 20.7 Å². The van der Waals surface area contributed by atoms with Gasteiger partial charge in [-0.15, -0.1) is 0 Å². The van der Waals surface area contributed by atoms with Gasteiger partial charge in [0.2, 0.25) is 5.91 Å². The molecule has 0 aromatic carbocycles. The van der Waals surface area contributed by atoms with Gasteiger partial charge in [0.15, 0.2) is 0 Å². The van der Waals surface area contributed by atoms with Gasteiger partial charge in [-0.3, -0.25) is 10.0 Å². The zero-order valence-corrected chi connectivity index (χ0v) is 11.3. The third-order valence-corrected chi connectivity index (χ3v) is 3.03.